The summed E-state index contributed by atoms with van der Waals surface area (Å²) in [4.78, 5) is 22.4. The van der Waals surface area contributed by atoms with Gasteiger partial charge in [0.25, 0.3) is 5.56 Å². The van der Waals surface area contributed by atoms with E-state index in [2.05, 4.69) is 15.1 Å². The van der Waals surface area contributed by atoms with Gasteiger partial charge in [0, 0.05) is 22.9 Å². The lowest BCUT2D eigenvalue weighted by molar-refractivity contribution is 0.364. The first kappa shape index (κ1) is 19.2. The van der Waals surface area contributed by atoms with E-state index in [0.717, 1.165) is 23.9 Å². The predicted octanol–water partition coefficient (Wildman–Crippen LogP) is 4.50. The summed E-state index contributed by atoms with van der Waals surface area (Å²) in [7, 11) is 0. The molecular weight excluding hydrogens is 433 g/mol. The maximum absolute atomic E-state index is 14.0. The second-order valence-corrected chi connectivity index (χ2v) is 8.51. The SMILES string of the molecule is O=c1c2c(ncn1Cc1nc(C3CC3)no1)c1cc(F)ccc1n2Cc1ccc(Cl)cc1. The van der Waals surface area contributed by atoms with Gasteiger partial charge in [0.1, 0.15) is 23.4 Å². The Bertz CT molecular complexity index is 1530. The fourth-order valence-corrected chi connectivity index (χ4v) is 4.13. The Balaban J connectivity index is 1.50. The van der Waals surface area contributed by atoms with Crippen molar-refractivity contribution in [1.29, 1.82) is 0 Å². The zero-order chi connectivity index (χ0) is 21.8. The van der Waals surface area contributed by atoms with Gasteiger partial charge in [-0.25, -0.2) is 9.37 Å². The largest absolute Gasteiger partial charge is 0.337 e. The molecule has 0 radical (unpaired) electrons. The maximum Gasteiger partial charge on any atom is 0.278 e. The summed E-state index contributed by atoms with van der Waals surface area (Å²) in [5.74, 6) is 1.03. The summed E-state index contributed by atoms with van der Waals surface area (Å²) in [5.41, 5.74) is 2.28. The van der Waals surface area contributed by atoms with Crippen molar-refractivity contribution >= 4 is 33.5 Å². The van der Waals surface area contributed by atoms with E-state index in [-0.39, 0.29) is 17.9 Å². The number of halogens is 2. The monoisotopic (exact) mass is 449 g/mol. The van der Waals surface area contributed by atoms with E-state index in [1.165, 1.54) is 23.0 Å². The first-order chi connectivity index (χ1) is 15.6. The average Bonchev–Trinajstić information content (AvgIpc) is 3.46. The molecule has 6 rings (SSSR count). The molecule has 0 amide bonds. The van der Waals surface area contributed by atoms with E-state index in [9.17, 15) is 9.18 Å². The van der Waals surface area contributed by atoms with Crippen molar-refractivity contribution in [3.05, 3.63) is 87.3 Å². The molecule has 3 heterocycles. The van der Waals surface area contributed by atoms with Gasteiger partial charge in [-0.05, 0) is 48.7 Å². The van der Waals surface area contributed by atoms with Gasteiger partial charge in [0.05, 0.1) is 11.8 Å². The molecular formula is C23H17ClFN5O2. The minimum atomic E-state index is -0.382. The number of benzene rings is 2. The van der Waals surface area contributed by atoms with Gasteiger partial charge in [0.2, 0.25) is 5.89 Å². The van der Waals surface area contributed by atoms with Crippen molar-refractivity contribution in [1.82, 2.24) is 24.3 Å². The molecule has 0 saturated heterocycles. The van der Waals surface area contributed by atoms with Crippen molar-refractivity contribution in [2.24, 2.45) is 0 Å². The minimum Gasteiger partial charge on any atom is -0.337 e. The zero-order valence-corrected chi connectivity index (χ0v) is 17.6. The summed E-state index contributed by atoms with van der Waals surface area (Å²) in [6.45, 7) is 0.536. The van der Waals surface area contributed by atoms with Crippen LogP contribution < -0.4 is 5.56 Å². The molecule has 1 fully saturated rings. The second kappa shape index (κ2) is 7.27. The molecule has 0 atom stereocenters. The molecule has 1 aliphatic carbocycles. The van der Waals surface area contributed by atoms with Crippen molar-refractivity contribution in [3.63, 3.8) is 0 Å². The van der Waals surface area contributed by atoms with Gasteiger partial charge in [-0.3, -0.25) is 9.36 Å². The number of rotatable bonds is 5. The fourth-order valence-electron chi connectivity index (χ4n) is 4.01. The number of hydrogen-bond donors (Lipinski definition) is 0. The second-order valence-electron chi connectivity index (χ2n) is 8.07. The van der Waals surface area contributed by atoms with E-state index in [4.69, 9.17) is 16.1 Å². The van der Waals surface area contributed by atoms with Crippen LogP contribution in [0.1, 0.15) is 36.0 Å². The van der Waals surface area contributed by atoms with E-state index < -0.39 is 0 Å². The summed E-state index contributed by atoms with van der Waals surface area (Å²) in [6, 6.07) is 11.9. The van der Waals surface area contributed by atoms with Crippen LogP contribution in [-0.4, -0.2) is 24.3 Å². The van der Waals surface area contributed by atoms with Crippen molar-refractivity contribution in [2.75, 3.05) is 0 Å². The molecule has 0 unspecified atom stereocenters. The van der Waals surface area contributed by atoms with Crippen LogP contribution in [0.4, 0.5) is 4.39 Å². The molecule has 0 N–H and O–H groups in total. The molecule has 32 heavy (non-hydrogen) atoms. The van der Waals surface area contributed by atoms with Crippen molar-refractivity contribution in [2.45, 2.75) is 31.8 Å². The van der Waals surface area contributed by atoms with E-state index >= 15 is 0 Å². The van der Waals surface area contributed by atoms with Crippen LogP contribution in [0.15, 0.2) is 58.1 Å². The standard InChI is InChI=1S/C23H17ClFN5O2/c24-15-5-1-13(2-6-15)10-30-18-8-7-16(25)9-17(18)20-21(30)23(31)29(12-26-20)11-19-27-22(28-32-19)14-3-4-14/h1-2,5-9,12,14H,3-4,10-11H2. The maximum atomic E-state index is 14.0. The molecule has 0 bridgehead atoms. The summed E-state index contributed by atoms with van der Waals surface area (Å²) < 4.78 is 22.7. The van der Waals surface area contributed by atoms with Gasteiger partial charge in [0.15, 0.2) is 5.82 Å². The van der Waals surface area contributed by atoms with Crippen LogP contribution >= 0.6 is 11.6 Å². The molecule has 2 aromatic carbocycles. The molecule has 1 saturated carbocycles. The highest BCUT2D eigenvalue weighted by Crippen LogP contribution is 2.38. The summed E-state index contributed by atoms with van der Waals surface area (Å²) >= 11 is 6.02. The number of fused-ring (bicyclic) bond motifs is 3. The Morgan fingerprint density at radius 1 is 1.12 bits per heavy atom. The molecule has 3 aromatic heterocycles. The number of hydrogen-bond acceptors (Lipinski definition) is 5. The van der Waals surface area contributed by atoms with Crippen LogP contribution in [0.2, 0.25) is 5.02 Å². The van der Waals surface area contributed by atoms with Crippen LogP contribution in [0.5, 0.6) is 0 Å². The molecule has 7 nitrogen and oxygen atoms in total. The average molecular weight is 450 g/mol. The van der Waals surface area contributed by atoms with Crippen LogP contribution in [0, 0.1) is 5.82 Å². The third-order valence-electron chi connectivity index (χ3n) is 5.77. The Morgan fingerprint density at radius 2 is 1.94 bits per heavy atom. The summed E-state index contributed by atoms with van der Waals surface area (Å²) in [5, 5.41) is 5.23. The van der Waals surface area contributed by atoms with Crippen molar-refractivity contribution in [3.8, 4) is 0 Å². The third-order valence-corrected chi connectivity index (χ3v) is 6.03. The fraction of sp³-hybridized carbons (Fsp3) is 0.217. The molecule has 160 valence electrons. The van der Waals surface area contributed by atoms with E-state index in [1.54, 1.807) is 18.2 Å². The molecule has 5 aromatic rings. The smallest absolute Gasteiger partial charge is 0.278 e. The Labute approximate surface area is 186 Å². The Morgan fingerprint density at radius 3 is 2.72 bits per heavy atom. The number of aromatic nitrogens is 5. The lowest BCUT2D eigenvalue weighted by atomic mass is 10.2. The van der Waals surface area contributed by atoms with Gasteiger partial charge < -0.3 is 9.09 Å². The topological polar surface area (TPSA) is 78.7 Å². The zero-order valence-electron chi connectivity index (χ0n) is 16.8. The van der Waals surface area contributed by atoms with Gasteiger partial charge in [-0.2, -0.15) is 4.98 Å². The first-order valence-corrected chi connectivity index (χ1v) is 10.7. The van der Waals surface area contributed by atoms with Gasteiger partial charge in [-0.15, -0.1) is 0 Å². The Hall–Kier alpha value is -3.52. The van der Waals surface area contributed by atoms with Gasteiger partial charge in [-0.1, -0.05) is 28.9 Å². The van der Waals surface area contributed by atoms with Crippen LogP contribution in [0.3, 0.4) is 0 Å². The minimum absolute atomic E-state index is 0.123. The normalized spacial score (nSPS) is 13.9. The van der Waals surface area contributed by atoms with E-state index in [0.29, 0.717) is 45.6 Å². The molecule has 0 spiro atoms. The lowest BCUT2D eigenvalue weighted by Gasteiger charge is -2.08. The molecule has 1 aliphatic rings. The quantitative estimate of drug-likeness (QED) is 0.394. The highest BCUT2D eigenvalue weighted by molar-refractivity contribution is 6.30. The van der Waals surface area contributed by atoms with Crippen LogP contribution in [0.25, 0.3) is 21.9 Å². The summed E-state index contributed by atoms with van der Waals surface area (Å²) in [6.07, 6.45) is 3.57. The number of nitrogens with zero attached hydrogens (tertiary/aromatic N) is 5. The van der Waals surface area contributed by atoms with Crippen molar-refractivity contribution < 1.29 is 8.91 Å². The molecule has 0 aliphatic heterocycles. The first-order valence-electron chi connectivity index (χ1n) is 10.3. The lowest BCUT2D eigenvalue weighted by Crippen LogP contribution is -2.23. The predicted molar refractivity (Wildman–Crippen MR) is 117 cm³/mol. The molecule has 9 heteroatoms. The van der Waals surface area contributed by atoms with E-state index in [1.807, 2.05) is 16.7 Å². The van der Waals surface area contributed by atoms with Crippen LogP contribution in [-0.2, 0) is 13.1 Å². The highest BCUT2D eigenvalue weighted by atomic mass is 35.5. The van der Waals surface area contributed by atoms with Gasteiger partial charge >= 0.3 is 0 Å². The highest BCUT2D eigenvalue weighted by Gasteiger charge is 2.29. The Kier molecular flexibility index (Phi) is 4.36. The third kappa shape index (κ3) is 3.27.